The van der Waals surface area contributed by atoms with Gasteiger partial charge in [-0.1, -0.05) is 26.2 Å². The van der Waals surface area contributed by atoms with Crippen molar-refractivity contribution in [3.05, 3.63) is 18.2 Å². The van der Waals surface area contributed by atoms with Crippen molar-refractivity contribution in [1.82, 2.24) is 10.0 Å². The first kappa shape index (κ1) is 22.8. The Balaban J connectivity index is 2.03. The summed E-state index contributed by atoms with van der Waals surface area (Å²) in [4.78, 5) is 12.6. The van der Waals surface area contributed by atoms with Gasteiger partial charge in [-0.05, 0) is 37.0 Å². The van der Waals surface area contributed by atoms with Crippen molar-refractivity contribution in [1.29, 1.82) is 0 Å². The van der Waals surface area contributed by atoms with Gasteiger partial charge in [-0.15, -0.1) is 0 Å². The van der Waals surface area contributed by atoms with Crippen LogP contribution in [0.2, 0.25) is 0 Å². The van der Waals surface area contributed by atoms with Crippen LogP contribution in [0.15, 0.2) is 23.1 Å². The van der Waals surface area contributed by atoms with E-state index in [1.54, 1.807) is 17.8 Å². The number of benzene rings is 1. The zero-order valence-electron chi connectivity index (χ0n) is 16.5. The molecule has 2 rings (SSSR count). The SMILES string of the molecule is CCCCCCNC(=O)[C@H](CCSC)NS(=O)(=O)c1ccc2c(c1)OCCO2. The number of hydrogen-bond donors (Lipinski definition) is 2. The van der Waals surface area contributed by atoms with Crippen molar-refractivity contribution in [2.24, 2.45) is 0 Å². The molecule has 0 unspecified atom stereocenters. The Labute approximate surface area is 172 Å². The molecule has 0 aromatic heterocycles. The Kier molecular flexibility index (Phi) is 9.40. The van der Waals surface area contributed by atoms with Gasteiger partial charge in [0, 0.05) is 12.6 Å². The van der Waals surface area contributed by atoms with Crippen LogP contribution >= 0.6 is 11.8 Å². The van der Waals surface area contributed by atoms with Crippen molar-refractivity contribution in [2.75, 3.05) is 31.8 Å². The van der Waals surface area contributed by atoms with Crippen molar-refractivity contribution < 1.29 is 22.7 Å². The van der Waals surface area contributed by atoms with Crippen LogP contribution in [-0.4, -0.2) is 52.1 Å². The average molecular weight is 431 g/mol. The molecule has 1 aliphatic rings. The fraction of sp³-hybridized carbons (Fsp3) is 0.632. The van der Waals surface area contributed by atoms with Crippen LogP contribution in [0.1, 0.15) is 39.0 Å². The Bertz CT molecular complexity index is 740. The molecule has 1 aromatic rings. The molecule has 0 aliphatic carbocycles. The summed E-state index contributed by atoms with van der Waals surface area (Å²) < 4.78 is 39.1. The van der Waals surface area contributed by atoms with E-state index in [1.165, 1.54) is 12.1 Å². The summed E-state index contributed by atoms with van der Waals surface area (Å²) in [5, 5.41) is 2.85. The van der Waals surface area contributed by atoms with Gasteiger partial charge in [-0.25, -0.2) is 8.42 Å². The van der Waals surface area contributed by atoms with Gasteiger partial charge >= 0.3 is 0 Å². The number of thioether (sulfide) groups is 1. The fourth-order valence-electron chi connectivity index (χ4n) is 2.81. The number of hydrogen-bond acceptors (Lipinski definition) is 6. The van der Waals surface area contributed by atoms with Gasteiger partial charge in [-0.2, -0.15) is 16.5 Å². The van der Waals surface area contributed by atoms with E-state index in [0.29, 0.717) is 43.4 Å². The van der Waals surface area contributed by atoms with E-state index in [1.807, 2.05) is 6.26 Å². The Morgan fingerprint density at radius 3 is 2.64 bits per heavy atom. The molecule has 0 fully saturated rings. The third-order valence-electron chi connectivity index (χ3n) is 4.38. The van der Waals surface area contributed by atoms with E-state index in [9.17, 15) is 13.2 Å². The van der Waals surface area contributed by atoms with Crippen LogP contribution in [0.3, 0.4) is 0 Å². The van der Waals surface area contributed by atoms with E-state index in [-0.39, 0.29) is 10.8 Å². The number of rotatable bonds is 12. The quantitative estimate of drug-likeness (QED) is 0.495. The van der Waals surface area contributed by atoms with E-state index < -0.39 is 16.1 Å². The third kappa shape index (κ3) is 6.86. The molecule has 7 nitrogen and oxygen atoms in total. The number of carbonyl (C=O) groups excluding carboxylic acids is 1. The lowest BCUT2D eigenvalue weighted by Crippen LogP contribution is -2.47. The normalized spacial score (nSPS) is 14.5. The van der Waals surface area contributed by atoms with Crippen molar-refractivity contribution in [3.63, 3.8) is 0 Å². The summed E-state index contributed by atoms with van der Waals surface area (Å²) in [7, 11) is -3.86. The van der Waals surface area contributed by atoms with Crippen molar-refractivity contribution in [2.45, 2.75) is 50.0 Å². The van der Waals surface area contributed by atoms with Gasteiger partial charge < -0.3 is 14.8 Å². The number of carbonyl (C=O) groups is 1. The first-order chi connectivity index (χ1) is 13.5. The number of nitrogens with one attached hydrogen (secondary N) is 2. The maximum atomic E-state index is 12.8. The van der Waals surface area contributed by atoms with E-state index >= 15 is 0 Å². The maximum absolute atomic E-state index is 12.8. The van der Waals surface area contributed by atoms with Gasteiger partial charge in [0.05, 0.1) is 4.90 Å². The van der Waals surface area contributed by atoms with Crippen LogP contribution in [0.5, 0.6) is 11.5 Å². The number of sulfonamides is 1. The van der Waals surface area contributed by atoms with E-state index in [2.05, 4.69) is 17.0 Å². The highest BCUT2D eigenvalue weighted by atomic mass is 32.2. The molecule has 28 heavy (non-hydrogen) atoms. The highest BCUT2D eigenvalue weighted by Crippen LogP contribution is 2.32. The van der Waals surface area contributed by atoms with Crippen molar-refractivity contribution in [3.8, 4) is 11.5 Å². The molecule has 9 heteroatoms. The first-order valence-corrected chi connectivity index (χ1v) is 12.5. The molecule has 1 aromatic carbocycles. The van der Waals surface area contributed by atoms with Crippen LogP contribution in [0, 0.1) is 0 Å². The second-order valence-electron chi connectivity index (χ2n) is 6.61. The highest BCUT2D eigenvalue weighted by molar-refractivity contribution is 7.98. The summed E-state index contributed by atoms with van der Waals surface area (Å²) in [5.41, 5.74) is 0. The topological polar surface area (TPSA) is 93.7 Å². The zero-order valence-corrected chi connectivity index (χ0v) is 18.2. The van der Waals surface area contributed by atoms with Gasteiger partial charge in [0.2, 0.25) is 15.9 Å². The number of amides is 1. The highest BCUT2D eigenvalue weighted by Gasteiger charge is 2.26. The molecule has 158 valence electrons. The van der Waals surface area contributed by atoms with E-state index in [0.717, 1.165) is 25.7 Å². The molecular weight excluding hydrogens is 400 g/mol. The lowest BCUT2D eigenvalue weighted by atomic mass is 10.2. The van der Waals surface area contributed by atoms with Gasteiger partial charge in [0.15, 0.2) is 11.5 Å². The second kappa shape index (κ2) is 11.5. The molecule has 1 heterocycles. The van der Waals surface area contributed by atoms with E-state index in [4.69, 9.17) is 9.47 Å². The van der Waals surface area contributed by atoms with Gasteiger partial charge in [0.25, 0.3) is 0 Å². The maximum Gasteiger partial charge on any atom is 0.241 e. The Hall–Kier alpha value is -1.45. The summed E-state index contributed by atoms with van der Waals surface area (Å²) >= 11 is 1.57. The summed E-state index contributed by atoms with van der Waals surface area (Å²) in [6.45, 7) is 3.50. The minimum atomic E-state index is -3.86. The predicted molar refractivity (Wildman–Crippen MR) is 112 cm³/mol. The minimum absolute atomic E-state index is 0.0571. The Morgan fingerprint density at radius 2 is 1.93 bits per heavy atom. The summed E-state index contributed by atoms with van der Waals surface area (Å²) in [5.74, 6) is 1.31. The largest absolute Gasteiger partial charge is 0.486 e. The lowest BCUT2D eigenvalue weighted by Gasteiger charge is -2.21. The molecule has 1 amide bonds. The summed E-state index contributed by atoms with van der Waals surface area (Å²) in [6, 6.07) is 3.67. The van der Waals surface area contributed by atoms with Gasteiger partial charge in [0.1, 0.15) is 19.3 Å². The third-order valence-corrected chi connectivity index (χ3v) is 6.49. The van der Waals surface area contributed by atoms with Crippen molar-refractivity contribution >= 4 is 27.7 Å². The molecule has 0 bridgehead atoms. The smallest absolute Gasteiger partial charge is 0.241 e. The van der Waals surface area contributed by atoms with Crippen LogP contribution < -0.4 is 19.5 Å². The zero-order chi connectivity index (χ0) is 20.4. The molecule has 1 aliphatic heterocycles. The lowest BCUT2D eigenvalue weighted by molar-refractivity contribution is -0.122. The second-order valence-corrected chi connectivity index (χ2v) is 9.31. The van der Waals surface area contributed by atoms with Crippen LogP contribution in [0.25, 0.3) is 0 Å². The standard InChI is InChI=1S/C19H30N2O5S2/c1-3-4-5-6-10-20-19(22)16(9-13-27-2)21-28(23,24)15-7-8-17-18(14-15)26-12-11-25-17/h7-8,14,16,21H,3-6,9-13H2,1-2H3,(H,20,22)/t16-/m0/s1. The molecule has 0 radical (unpaired) electrons. The van der Waals surface area contributed by atoms with Crippen LogP contribution in [-0.2, 0) is 14.8 Å². The number of fused-ring (bicyclic) bond motifs is 1. The predicted octanol–water partition coefficient (Wildman–Crippen LogP) is 2.55. The monoisotopic (exact) mass is 430 g/mol. The molecule has 2 N–H and O–H groups in total. The van der Waals surface area contributed by atoms with Crippen LogP contribution in [0.4, 0.5) is 0 Å². The Morgan fingerprint density at radius 1 is 1.18 bits per heavy atom. The van der Waals surface area contributed by atoms with Gasteiger partial charge in [-0.3, -0.25) is 4.79 Å². The average Bonchev–Trinajstić information content (AvgIpc) is 2.70. The molecule has 1 atom stereocenters. The number of unbranched alkanes of at least 4 members (excludes halogenated alkanes) is 3. The number of ether oxygens (including phenoxy) is 2. The molecule has 0 saturated carbocycles. The summed E-state index contributed by atoms with van der Waals surface area (Å²) in [6.07, 6.45) is 6.54. The molecular formula is C19H30N2O5S2. The molecule has 0 spiro atoms. The first-order valence-electron chi connectivity index (χ1n) is 9.66. The minimum Gasteiger partial charge on any atom is -0.486 e. The molecule has 0 saturated heterocycles. The fourth-order valence-corrected chi connectivity index (χ4v) is 4.53.